The smallest absolute Gasteiger partial charge is 0.233 e. The minimum absolute atomic E-state index is 0.0181. The van der Waals surface area contributed by atoms with E-state index in [1.807, 2.05) is 6.92 Å². The SMILES string of the molecule is CCNC(=NCC(C)N1CCc2ccccc2C1)NCCN1C(=O)C2C3C=CC(C3)C2C1=O. The van der Waals surface area contributed by atoms with Gasteiger partial charge in [-0.05, 0) is 49.7 Å². The zero-order valence-corrected chi connectivity index (χ0v) is 19.7. The van der Waals surface area contributed by atoms with E-state index in [4.69, 9.17) is 4.99 Å². The van der Waals surface area contributed by atoms with Crippen molar-refractivity contribution in [2.24, 2.45) is 28.7 Å². The number of hydrogen-bond acceptors (Lipinski definition) is 4. The molecular weight excluding hydrogens is 414 g/mol. The Labute approximate surface area is 196 Å². The zero-order valence-electron chi connectivity index (χ0n) is 19.7. The molecule has 7 nitrogen and oxygen atoms in total. The second-order valence-corrected chi connectivity index (χ2v) is 9.81. The average molecular weight is 450 g/mol. The van der Waals surface area contributed by atoms with Crippen LogP contribution < -0.4 is 10.6 Å². The van der Waals surface area contributed by atoms with Gasteiger partial charge in [-0.1, -0.05) is 36.4 Å². The lowest BCUT2D eigenvalue weighted by Gasteiger charge is -2.33. The molecule has 176 valence electrons. The number of allylic oxidation sites excluding steroid dienone is 2. The number of benzene rings is 1. The Hall–Kier alpha value is -2.67. The van der Waals surface area contributed by atoms with E-state index in [2.05, 4.69) is 58.9 Å². The number of carbonyl (C=O) groups excluding carboxylic acids is 2. The summed E-state index contributed by atoms with van der Waals surface area (Å²) in [5.74, 6) is 1.06. The molecule has 2 bridgehead atoms. The van der Waals surface area contributed by atoms with Gasteiger partial charge in [-0.25, -0.2) is 0 Å². The van der Waals surface area contributed by atoms with E-state index in [1.54, 1.807) is 0 Å². The first-order valence-electron chi connectivity index (χ1n) is 12.4. The summed E-state index contributed by atoms with van der Waals surface area (Å²) in [4.78, 5) is 34.5. The number of hydrogen-bond donors (Lipinski definition) is 2. The summed E-state index contributed by atoms with van der Waals surface area (Å²) < 4.78 is 0. The lowest BCUT2D eigenvalue weighted by Crippen LogP contribution is -2.44. The van der Waals surface area contributed by atoms with Gasteiger partial charge in [-0.15, -0.1) is 0 Å². The molecule has 2 fully saturated rings. The van der Waals surface area contributed by atoms with E-state index in [0.717, 1.165) is 38.4 Å². The van der Waals surface area contributed by atoms with Gasteiger partial charge in [0.1, 0.15) is 0 Å². The maximum absolute atomic E-state index is 12.9. The zero-order chi connectivity index (χ0) is 22.9. The lowest BCUT2D eigenvalue weighted by atomic mass is 9.85. The molecule has 1 aromatic carbocycles. The molecule has 5 rings (SSSR count). The van der Waals surface area contributed by atoms with Crippen molar-refractivity contribution < 1.29 is 9.59 Å². The number of carbonyl (C=O) groups is 2. The number of nitrogens with zero attached hydrogens (tertiary/aromatic N) is 3. The molecule has 2 N–H and O–H groups in total. The minimum Gasteiger partial charge on any atom is -0.357 e. The molecule has 5 atom stereocenters. The van der Waals surface area contributed by atoms with Gasteiger partial charge in [0.15, 0.2) is 5.96 Å². The van der Waals surface area contributed by atoms with Crippen LogP contribution in [0, 0.1) is 23.7 Å². The van der Waals surface area contributed by atoms with Gasteiger partial charge >= 0.3 is 0 Å². The molecule has 7 heteroatoms. The summed E-state index contributed by atoms with van der Waals surface area (Å²) in [6.07, 6.45) is 6.32. The van der Waals surface area contributed by atoms with E-state index in [9.17, 15) is 9.59 Å². The molecule has 1 aromatic rings. The van der Waals surface area contributed by atoms with Gasteiger partial charge < -0.3 is 10.6 Å². The van der Waals surface area contributed by atoms with Crippen molar-refractivity contribution in [3.63, 3.8) is 0 Å². The van der Waals surface area contributed by atoms with Gasteiger partial charge in [-0.3, -0.25) is 24.4 Å². The van der Waals surface area contributed by atoms with Crippen molar-refractivity contribution in [1.29, 1.82) is 0 Å². The number of amides is 2. The monoisotopic (exact) mass is 449 g/mol. The molecule has 2 aliphatic heterocycles. The largest absolute Gasteiger partial charge is 0.357 e. The van der Waals surface area contributed by atoms with Crippen LogP contribution in [-0.2, 0) is 22.6 Å². The van der Waals surface area contributed by atoms with Crippen LogP contribution in [0.4, 0.5) is 0 Å². The topological polar surface area (TPSA) is 77.0 Å². The van der Waals surface area contributed by atoms with Crippen molar-refractivity contribution in [3.8, 4) is 0 Å². The summed E-state index contributed by atoms with van der Waals surface area (Å²) in [7, 11) is 0. The second-order valence-electron chi connectivity index (χ2n) is 9.81. The van der Waals surface area contributed by atoms with E-state index >= 15 is 0 Å². The summed E-state index contributed by atoms with van der Waals surface area (Å²) in [5, 5.41) is 6.62. The Bertz CT molecular complexity index is 943. The average Bonchev–Trinajstić information content (AvgIpc) is 3.51. The van der Waals surface area contributed by atoms with Crippen LogP contribution in [0.3, 0.4) is 0 Å². The van der Waals surface area contributed by atoms with Gasteiger partial charge in [0.2, 0.25) is 11.8 Å². The summed E-state index contributed by atoms with van der Waals surface area (Å²) in [6.45, 7) is 8.65. The van der Waals surface area contributed by atoms with Crippen molar-refractivity contribution in [2.45, 2.75) is 39.3 Å². The predicted octanol–water partition coefficient (Wildman–Crippen LogP) is 1.80. The van der Waals surface area contributed by atoms with Crippen LogP contribution in [0.5, 0.6) is 0 Å². The second kappa shape index (κ2) is 9.29. The standard InChI is InChI=1S/C26H35N5O2/c1-3-27-26(29-15-17(2)30-12-10-18-6-4-5-7-21(18)16-30)28-11-13-31-24(32)22-19-8-9-20(14-19)23(22)25(31)33/h4-9,17,19-20,22-23H,3,10-16H2,1-2H3,(H2,27,28,29). The highest BCUT2D eigenvalue weighted by molar-refractivity contribution is 6.06. The van der Waals surface area contributed by atoms with Crippen molar-refractivity contribution in [3.05, 3.63) is 47.5 Å². The van der Waals surface area contributed by atoms with Crippen molar-refractivity contribution >= 4 is 17.8 Å². The van der Waals surface area contributed by atoms with Crippen LogP contribution in [0.25, 0.3) is 0 Å². The van der Waals surface area contributed by atoms with Crippen LogP contribution in [0.2, 0.25) is 0 Å². The third kappa shape index (κ3) is 4.19. The number of imide groups is 1. The Balaban J connectivity index is 1.13. The first-order chi connectivity index (χ1) is 16.1. The maximum Gasteiger partial charge on any atom is 0.233 e. The Kier molecular flexibility index (Phi) is 6.23. The van der Waals surface area contributed by atoms with Crippen LogP contribution in [-0.4, -0.2) is 66.3 Å². The molecule has 4 aliphatic rings. The molecule has 0 spiro atoms. The highest BCUT2D eigenvalue weighted by Gasteiger charge is 2.58. The molecule has 2 heterocycles. The Morgan fingerprint density at radius 3 is 2.48 bits per heavy atom. The molecule has 2 aliphatic carbocycles. The summed E-state index contributed by atoms with van der Waals surface area (Å²) in [6, 6.07) is 9.01. The lowest BCUT2D eigenvalue weighted by molar-refractivity contribution is -0.140. The van der Waals surface area contributed by atoms with Gasteiger partial charge in [0.05, 0.1) is 18.4 Å². The molecule has 1 saturated heterocycles. The minimum atomic E-state index is -0.120. The van der Waals surface area contributed by atoms with Crippen LogP contribution in [0.15, 0.2) is 41.4 Å². The fourth-order valence-corrected chi connectivity index (χ4v) is 6.04. The first kappa shape index (κ1) is 22.1. The maximum atomic E-state index is 12.9. The van der Waals surface area contributed by atoms with Gasteiger partial charge in [-0.2, -0.15) is 0 Å². The molecule has 0 radical (unpaired) electrons. The number of fused-ring (bicyclic) bond motifs is 6. The van der Waals surface area contributed by atoms with Crippen LogP contribution in [0.1, 0.15) is 31.4 Å². The fourth-order valence-electron chi connectivity index (χ4n) is 6.04. The van der Waals surface area contributed by atoms with E-state index in [1.165, 1.54) is 16.0 Å². The van der Waals surface area contributed by atoms with Crippen molar-refractivity contribution in [1.82, 2.24) is 20.4 Å². The third-order valence-corrected chi connectivity index (χ3v) is 7.83. The first-order valence-corrected chi connectivity index (χ1v) is 12.4. The third-order valence-electron chi connectivity index (χ3n) is 7.83. The number of rotatable bonds is 7. The highest BCUT2D eigenvalue weighted by atomic mass is 16.2. The normalized spacial score (nSPS) is 29.4. The number of aliphatic imine (C=N–C) groups is 1. The van der Waals surface area contributed by atoms with E-state index < -0.39 is 0 Å². The number of guanidine groups is 1. The summed E-state index contributed by atoms with van der Waals surface area (Å²) >= 11 is 0. The Morgan fingerprint density at radius 1 is 1.09 bits per heavy atom. The fraction of sp³-hybridized carbons (Fsp3) is 0.577. The quantitative estimate of drug-likeness (QED) is 0.287. The molecule has 0 aromatic heterocycles. The Morgan fingerprint density at radius 2 is 1.79 bits per heavy atom. The number of likely N-dealkylation sites (tertiary alicyclic amines) is 1. The molecule has 5 unspecified atom stereocenters. The molecule has 2 amide bonds. The van der Waals surface area contributed by atoms with E-state index in [-0.39, 0.29) is 35.5 Å². The van der Waals surface area contributed by atoms with Gasteiger partial charge in [0.25, 0.3) is 0 Å². The predicted molar refractivity (Wildman–Crippen MR) is 128 cm³/mol. The molecular formula is C26H35N5O2. The van der Waals surface area contributed by atoms with Crippen LogP contribution >= 0.6 is 0 Å². The summed E-state index contributed by atoms with van der Waals surface area (Å²) in [5.41, 5.74) is 2.87. The highest BCUT2D eigenvalue weighted by Crippen LogP contribution is 2.52. The van der Waals surface area contributed by atoms with Crippen molar-refractivity contribution in [2.75, 3.05) is 32.7 Å². The van der Waals surface area contributed by atoms with E-state index in [0.29, 0.717) is 25.7 Å². The molecule has 33 heavy (non-hydrogen) atoms. The van der Waals surface area contributed by atoms with Gasteiger partial charge in [0, 0.05) is 38.8 Å². The molecule has 1 saturated carbocycles. The number of nitrogens with one attached hydrogen (secondary N) is 2.